The minimum absolute atomic E-state index is 0.00627. The van der Waals surface area contributed by atoms with Crippen molar-refractivity contribution in [1.29, 1.82) is 0 Å². The van der Waals surface area contributed by atoms with Crippen molar-refractivity contribution in [3.8, 4) is 0 Å². The Morgan fingerprint density at radius 1 is 1.59 bits per heavy atom. The number of hydrogen-bond acceptors (Lipinski definition) is 4. The van der Waals surface area contributed by atoms with E-state index >= 15 is 0 Å². The van der Waals surface area contributed by atoms with E-state index in [-0.39, 0.29) is 18.4 Å². The van der Waals surface area contributed by atoms with Gasteiger partial charge in [0.05, 0.1) is 21.9 Å². The van der Waals surface area contributed by atoms with Crippen LogP contribution in [0.15, 0.2) is 12.1 Å². The van der Waals surface area contributed by atoms with Crippen LogP contribution in [0, 0.1) is 0 Å². The highest BCUT2D eigenvalue weighted by atomic mass is 35.5. The fourth-order valence-corrected chi connectivity index (χ4v) is 2.53. The van der Waals surface area contributed by atoms with Crippen LogP contribution >= 0.6 is 22.9 Å². The molecule has 3 nitrogen and oxygen atoms in total. The van der Waals surface area contributed by atoms with E-state index in [1.165, 1.54) is 11.3 Å². The molecule has 96 valence electrons. The monoisotopic (exact) mass is 275 g/mol. The maximum atomic E-state index is 12.2. The van der Waals surface area contributed by atoms with Gasteiger partial charge in [-0.15, -0.1) is 11.3 Å². The van der Waals surface area contributed by atoms with Gasteiger partial charge in [-0.05, 0) is 40.0 Å². The van der Waals surface area contributed by atoms with Gasteiger partial charge in [0, 0.05) is 5.54 Å². The Balaban J connectivity index is 2.83. The lowest BCUT2D eigenvalue weighted by atomic mass is 10.0. The number of nitrogens with zero attached hydrogens (tertiary/aromatic N) is 1. The Labute approximate surface area is 111 Å². The highest BCUT2D eigenvalue weighted by Crippen LogP contribution is 2.25. The minimum Gasteiger partial charge on any atom is -0.394 e. The van der Waals surface area contributed by atoms with Gasteiger partial charge >= 0.3 is 0 Å². The molecule has 0 saturated heterocycles. The van der Waals surface area contributed by atoms with Crippen molar-refractivity contribution < 1.29 is 9.90 Å². The first-order valence-corrected chi connectivity index (χ1v) is 6.62. The summed E-state index contributed by atoms with van der Waals surface area (Å²) in [6, 6.07) is 3.18. The minimum atomic E-state index is -0.421. The highest BCUT2D eigenvalue weighted by molar-refractivity contribution is 7.18. The van der Waals surface area contributed by atoms with E-state index in [1.54, 1.807) is 12.1 Å². The molecule has 0 fully saturated rings. The van der Waals surface area contributed by atoms with Gasteiger partial charge in [0.1, 0.15) is 0 Å². The molecule has 1 unspecified atom stereocenters. The van der Waals surface area contributed by atoms with Crippen LogP contribution in [0.25, 0.3) is 0 Å². The Morgan fingerprint density at radius 2 is 2.18 bits per heavy atom. The summed E-state index contributed by atoms with van der Waals surface area (Å²) < 4.78 is 0.615. The Morgan fingerprint density at radius 3 is 2.59 bits per heavy atom. The van der Waals surface area contributed by atoms with E-state index in [0.29, 0.717) is 9.21 Å². The number of aliphatic hydroxyl groups is 1. The number of likely N-dealkylation sites (N-methyl/N-ethyl adjacent to an activating group) is 1. The third-order valence-corrected chi connectivity index (χ3v) is 4.36. The smallest absolute Gasteiger partial charge is 0.189 e. The molecule has 1 heterocycles. The summed E-state index contributed by atoms with van der Waals surface area (Å²) in [5.74, 6) is 0.0333. The molecule has 1 N–H and O–H groups in total. The van der Waals surface area contributed by atoms with Gasteiger partial charge in [-0.3, -0.25) is 9.69 Å². The van der Waals surface area contributed by atoms with Crippen LogP contribution in [0.4, 0.5) is 0 Å². The molecule has 1 aromatic heterocycles. The van der Waals surface area contributed by atoms with Gasteiger partial charge in [0.15, 0.2) is 5.78 Å². The second kappa shape index (κ2) is 5.48. The van der Waals surface area contributed by atoms with Crippen molar-refractivity contribution in [3.63, 3.8) is 0 Å². The van der Waals surface area contributed by atoms with E-state index in [1.807, 2.05) is 32.7 Å². The van der Waals surface area contributed by atoms with Crippen molar-refractivity contribution in [2.24, 2.45) is 0 Å². The predicted octanol–water partition coefficient (Wildman–Crippen LogP) is 2.68. The number of rotatable bonds is 5. The molecule has 0 aromatic carbocycles. The fourth-order valence-electron chi connectivity index (χ4n) is 1.46. The zero-order valence-electron chi connectivity index (χ0n) is 10.5. The molecule has 0 bridgehead atoms. The molecule has 17 heavy (non-hydrogen) atoms. The maximum Gasteiger partial charge on any atom is 0.189 e. The molecule has 1 aromatic rings. The van der Waals surface area contributed by atoms with Crippen LogP contribution in [0.1, 0.15) is 30.4 Å². The highest BCUT2D eigenvalue weighted by Gasteiger charge is 2.31. The first-order chi connectivity index (χ1) is 7.79. The average molecular weight is 276 g/mol. The Bertz CT molecular complexity index is 403. The standard InChI is InChI=1S/C12H18ClNO2S/c1-8(14(4)12(2,3)7-15)11(16)9-5-6-10(13)17-9/h5-6,8,15H,7H2,1-4H3. The largest absolute Gasteiger partial charge is 0.394 e. The van der Waals surface area contributed by atoms with Crippen LogP contribution in [-0.4, -0.2) is 41.0 Å². The number of carbonyl (C=O) groups is 1. The lowest BCUT2D eigenvalue weighted by Crippen LogP contribution is -2.51. The summed E-state index contributed by atoms with van der Waals surface area (Å²) in [4.78, 5) is 14.7. The molecule has 5 heteroatoms. The molecule has 1 rings (SSSR count). The predicted molar refractivity (Wildman–Crippen MR) is 72.0 cm³/mol. The number of ketones is 1. The Kier molecular flexibility index (Phi) is 4.72. The van der Waals surface area contributed by atoms with Gasteiger partial charge < -0.3 is 5.11 Å². The van der Waals surface area contributed by atoms with Crippen molar-refractivity contribution >= 4 is 28.7 Å². The van der Waals surface area contributed by atoms with Crippen molar-refractivity contribution in [2.45, 2.75) is 32.4 Å². The first-order valence-electron chi connectivity index (χ1n) is 5.43. The lowest BCUT2D eigenvalue weighted by molar-refractivity contribution is 0.0441. The van der Waals surface area contributed by atoms with Crippen LogP contribution in [0.5, 0.6) is 0 Å². The second-order valence-corrected chi connectivity index (χ2v) is 6.44. The van der Waals surface area contributed by atoms with Gasteiger partial charge in [-0.2, -0.15) is 0 Å². The number of thiophene rings is 1. The number of halogens is 1. The summed E-state index contributed by atoms with van der Waals surface area (Å²) in [7, 11) is 1.84. The van der Waals surface area contributed by atoms with Crippen LogP contribution in [0.2, 0.25) is 4.34 Å². The maximum absolute atomic E-state index is 12.2. The van der Waals surface area contributed by atoms with E-state index in [2.05, 4.69) is 0 Å². The third-order valence-electron chi connectivity index (χ3n) is 3.12. The van der Waals surface area contributed by atoms with E-state index in [0.717, 1.165) is 0 Å². The van der Waals surface area contributed by atoms with Gasteiger partial charge in [0.2, 0.25) is 0 Å². The molecule has 0 aliphatic rings. The van der Waals surface area contributed by atoms with Crippen molar-refractivity contribution in [2.75, 3.05) is 13.7 Å². The van der Waals surface area contributed by atoms with Crippen molar-refractivity contribution in [1.82, 2.24) is 4.90 Å². The van der Waals surface area contributed by atoms with E-state index in [4.69, 9.17) is 11.6 Å². The molecule has 0 aliphatic carbocycles. The fraction of sp³-hybridized carbons (Fsp3) is 0.583. The molecule has 0 amide bonds. The van der Waals surface area contributed by atoms with E-state index in [9.17, 15) is 9.90 Å². The van der Waals surface area contributed by atoms with Crippen molar-refractivity contribution in [3.05, 3.63) is 21.3 Å². The summed E-state index contributed by atoms with van der Waals surface area (Å²) in [6.07, 6.45) is 0. The molecule has 1 atom stereocenters. The molecule has 0 aliphatic heterocycles. The van der Waals surface area contributed by atoms with Crippen LogP contribution in [0.3, 0.4) is 0 Å². The first kappa shape index (κ1) is 14.6. The summed E-state index contributed by atoms with van der Waals surface area (Å²) >= 11 is 7.11. The molecule has 0 radical (unpaired) electrons. The summed E-state index contributed by atoms with van der Waals surface area (Å²) in [5, 5.41) is 9.30. The SMILES string of the molecule is CC(C(=O)c1ccc(Cl)s1)N(C)C(C)(C)CO. The van der Waals surface area contributed by atoms with Crippen LogP contribution < -0.4 is 0 Å². The quantitative estimate of drug-likeness (QED) is 0.840. The molecule has 0 spiro atoms. The van der Waals surface area contributed by atoms with Gasteiger partial charge in [0.25, 0.3) is 0 Å². The zero-order chi connectivity index (χ0) is 13.2. The average Bonchev–Trinajstić information content (AvgIpc) is 2.72. The number of hydrogen-bond donors (Lipinski definition) is 1. The number of Topliss-reactive ketones (excluding diaryl/α,β-unsaturated/α-hetero) is 1. The van der Waals surface area contributed by atoms with Crippen LogP contribution in [-0.2, 0) is 0 Å². The molecular formula is C12H18ClNO2S. The zero-order valence-corrected chi connectivity index (χ0v) is 12.1. The van der Waals surface area contributed by atoms with Gasteiger partial charge in [-0.25, -0.2) is 0 Å². The number of aliphatic hydroxyl groups excluding tert-OH is 1. The number of carbonyl (C=O) groups excluding carboxylic acids is 1. The Hall–Kier alpha value is -0.420. The molecular weight excluding hydrogens is 258 g/mol. The van der Waals surface area contributed by atoms with E-state index < -0.39 is 5.54 Å². The normalized spacial score (nSPS) is 14.1. The lowest BCUT2D eigenvalue weighted by Gasteiger charge is -2.37. The summed E-state index contributed by atoms with van der Waals surface area (Å²) in [6.45, 7) is 5.65. The topological polar surface area (TPSA) is 40.5 Å². The molecule has 0 saturated carbocycles. The third kappa shape index (κ3) is 3.28. The summed E-state index contributed by atoms with van der Waals surface area (Å²) in [5.41, 5.74) is -0.421. The second-order valence-electron chi connectivity index (χ2n) is 4.73. The van der Waals surface area contributed by atoms with Gasteiger partial charge in [-0.1, -0.05) is 11.6 Å².